The fraction of sp³-hybridized carbons (Fsp3) is 0.462. The van der Waals surface area contributed by atoms with Crippen molar-refractivity contribution in [2.45, 2.75) is 45.8 Å². The van der Waals surface area contributed by atoms with E-state index in [0.717, 1.165) is 17.7 Å². The molecule has 1 aliphatic heterocycles. The third-order valence-electron chi connectivity index (χ3n) is 5.56. The van der Waals surface area contributed by atoms with Gasteiger partial charge in [0.25, 0.3) is 5.91 Å². The number of methoxy groups -OCH3 is 2. The zero-order chi connectivity index (χ0) is 24.9. The fourth-order valence-electron chi connectivity index (χ4n) is 3.84. The fourth-order valence-corrected chi connectivity index (χ4v) is 3.84. The van der Waals surface area contributed by atoms with Crippen molar-refractivity contribution in [2.24, 2.45) is 5.92 Å². The first kappa shape index (κ1) is 25.2. The number of benzene rings is 2. The first-order chi connectivity index (χ1) is 16.1. The van der Waals surface area contributed by atoms with Crippen LogP contribution in [-0.4, -0.2) is 50.8 Å². The minimum atomic E-state index is -0.713. The molecular formula is C26H34N2O6. The van der Waals surface area contributed by atoms with Gasteiger partial charge in [-0.05, 0) is 38.0 Å². The number of ether oxygens (including phenoxy) is 4. The van der Waals surface area contributed by atoms with Crippen LogP contribution >= 0.6 is 0 Å². The van der Waals surface area contributed by atoms with E-state index in [-0.39, 0.29) is 36.5 Å². The van der Waals surface area contributed by atoms with Crippen LogP contribution in [0, 0.1) is 5.92 Å². The lowest BCUT2D eigenvalue weighted by Crippen LogP contribution is -2.50. The van der Waals surface area contributed by atoms with E-state index in [1.54, 1.807) is 18.2 Å². The summed E-state index contributed by atoms with van der Waals surface area (Å²) in [6.45, 7) is 8.40. The summed E-state index contributed by atoms with van der Waals surface area (Å²) in [6, 6.07) is 10.0. The second kappa shape index (κ2) is 10.7. The quantitative estimate of drug-likeness (QED) is 0.517. The lowest BCUT2D eigenvalue weighted by molar-refractivity contribution is -0.124. The van der Waals surface area contributed by atoms with Crippen LogP contribution in [0.1, 0.15) is 43.6 Å². The van der Waals surface area contributed by atoms with Crippen molar-refractivity contribution in [1.29, 1.82) is 0 Å². The molecule has 3 rings (SSSR count). The van der Waals surface area contributed by atoms with E-state index in [1.807, 2.05) is 45.9 Å². The van der Waals surface area contributed by atoms with Crippen LogP contribution in [0.4, 0.5) is 0 Å². The van der Waals surface area contributed by atoms with Gasteiger partial charge in [-0.3, -0.25) is 9.59 Å². The highest BCUT2D eigenvalue weighted by atomic mass is 16.5. The number of hydrogen-bond acceptors (Lipinski definition) is 6. The second-order valence-corrected chi connectivity index (χ2v) is 9.22. The van der Waals surface area contributed by atoms with Crippen molar-refractivity contribution in [2.75, 3.05) is 27.4 Å². The number of nitrogens with one attached hydrogen (secondary N) is 2. The van der Waals surface area contributed by atoms with Crippen molar-refractivity contribution >= 4 is 11.8 Å². The molecule has 8 nitrogen and oxygen atoms in total. The number of amides is 2. The highest BCUT2D eigenvalue weighted by molar-refractivity contribution is 5.98. The molecule has 1 heterocycles. The third-order valence-corrected chi connectivity index (χ3v) is 5.56. The SMILES string of the molecule is COc1cc(OC)cc(C(=O)NC(C(=O)NCCOc2cccc3c2OC(C)(C)C3)C(C)C)c1. The molecule has 8 heteroatoms. The maximum absolute atomic E-state index is 12.8. The van der Waals surface area contributed by atoms with Crippen LogP contribution in [0.3, 0.4) is 0 Å². The van der Waals surface area contributed by atoms with Crippen LogP contribution in [0.15, 0.2) is 36.4 Å². The number of para-hydroxylation sites is 1. The monoisotopic (exact) mass is 470 g/mol. The zero-order valence-electron chi connectivity index (χ0n) is 20.7. The maximum Gasteiger partial charge on any atom is 0.252 e. The molecule has 0 saturated heterocycles. The Hall–Kier alpha value is -3.42. The Morgan fingerprint density at radius 1 is 1.09 bits per heavy atom. The first-order valence-corrected chi connectivity index (χ1v) is 11.4. The molecule has 0 aliphatic carbocycles. The summed E-state index contributed by atoms with van der Waals surface area (Å²) >= 11 is 0. The molecule has 2 aromatic rings. The van der Waals surface area contributed by atoms with E-state index in [9.17, 15) is 9.59 Å². The molecule has 2 aromatic carbocycles. The van der Waals surface area contributed by atoms with E-state index in [1.165, 1.54) is 14.2 Å². The average molecular weight is 471 g/mol. The number of hydrogen-bond donors (Lipinski definition) is 2. The highest BCUT2D eigenvalue weighted by Gasteiger charge is 2.32. The summed E-state index contributed by atoms with van der Waals surface area (Å²) in [6.07, 6.45) is 0.825. The molecule has 1 aliphatic rings. The van der Waals surface area contributed by atoms with E-state index in [0.29, 0.717) is 22.8 Å². The van der Waals surface area contributed by atoms with E-state index in [4.69, 9.17) is 18.9 Å². The Morgan fingerprint density at radius 3 is 2.38 bits per heavy atom. The van der Waals surface area contributed by atoms with Gasteiger partial charge in [0.1, 0.15) is 29.7 Å². The largest absolute Gasteiger partial charge is 0.497 e. The summed E-state index contributed by atoms with van der Waals surface area (Å²) in [7, 11) is 3.03. The van der Waals surface area contributed by atoms with E-state index in [2.05, 4.69) is 10.6 Å². The molecule has 34 heavy (non-hydrogen) atoms. The van der Waals surface area contributed by atoms with Crippen LogP contribution in [-0.2, 0) is 11.2 Å². The predicted octanol–water partition coefficient (Wildman–Crippen LogP) is 3.37. The zero-order valence-corrected chi connectivity index (χ0v) is 20.7. The standard InChI is InChI=1S/C26H34N2O6/c1-16(2)22(28-24(29)18-12-19(31-5)14-20(13-18)32-6)25(30)27-10-11-33-21-9-7-8-17-15-26(3,4)34-23(17)21/h7-9,12-14,16,22H,10-11,15H2,1-6H3,(H,27,30)(H,28,29). The number of carbonyl (C=O) groups excluding carboxylic acids is 2. The van der Waals surface area contributed by atoms with Gasteiger partial charge in [0.15, 0.2) is 11.5 Å². The van der Waals surface area contributed by atoms with Gasteiger partial charge in [0, 0.05) is 23.6 Å². The van der Waals surface area contributed by atoms with Crippen molar-refractivity contribution in [1.82, 2.24) is 10.6 Å². The van der Waals surface area contributed by atoms with Gasteiger partial charge in [0.05, 0.1) is 20.8 Å². The highest BCUT2D eigenvalue weighted by Crippen LogP contribution is 2.41. The van der Waals surface area contributed by atoms with Gasteiger partial charge in [0.2, 0.25) is 5.91 Å². The van der Waals surface area contributed by atoms with Crippen molar-refractivity contribution < 1.29 is 28.5 Å². The molecule has 0 spiro atoms. The van der Waals surface area contributed by atoms with Gasteiger partial charge in [-0.15, -0.1) is 0 Å². The molecule has 184 valence electrons. The van der Waals surface area contributed by atoms with Crippen LogP contribution < -0.4 is 29.6 Å². The van der Waals surface area contributed by atoms with Gasteiger partial charge in [-0.25, -0.2) is 0 Å². The summed E-state index contributed by atoms with van der Waals surface area (Å²) in [5, 5.41) is 5.67. The summed E-state index contributed by atoms with van der Waals surface area (Å²) in [5.74, 6) is 1.63. The minimum Gasteiger partial charge on any atom is -0.497 e. The molecular weight excluding hydrogens is 436 g/mol. The Bertz CT molecular complexity index is 1010. The molecule has 1 unspecified atom stereocenters. The Morgan fingerprint density at radius 2 is 1.76 bits per heavy atom. The number of fused-ring (bicyclic) bond motifs is 1. The van der Waals surface area contributed by atoms with Crippen LogP contribution in [0.25, 0.3) is 0 Å². The van der Waals surface area contributed by atoms with Gasteiger partial charge >= 0.3 is 0 Å². The third kappa shape index (κ3) is 6.12. The molecule has 0 saturated carbocycles. The topological polar surface area (TPSA) is 95.1 Å². The van der Waals surface area contributed by atoms with Crippen molar-refractivity contribution in [3.05, 3.63) is 47.5 Å². The smallest absolute Gasteiger partial charge is 0.252 e. The molecule has 1 atom stereocenters. The average Bonchev–Trinajstić information content (AvgIpc) is 3.13. The van der Waals surface area contributed by atoms with E-state index >= 15 is 0 Å². The minimum absolute atomic E-state index is 0.120. The molecule has 0 bridgehead atoms. The molecule has 0 fully saturated rings. The number of rotatable bonds is 10. The summed E-state index contributed by atoms with van der Waals surface area (Å²) in [4.78, 5) is 25.7. The van der Waals surface area contributed by atoms with Crippen LogP contribution in [0.5, 0.6) is 23.0 Å². The molecule has 2 N–H and O–H groups in total. The summed E-state index contributed by atoms with van der Waals surface area (Å²) < 4.78 is 22.3. The van der Waals surface area contributed by atoms with Crippen LogP contribution in [0.2, 0.25) is 0 Å². The maximum atomic E-state index is 12.8. The van der Waals surface area contributed by atoms with Gasteiger partial charge in [-0.1, -0.05) is 26.0 Å². The van der Waals surface area contributed by atoms with Gasteiger partial charge in [-0.2, -0.15) is 0 Å². The Balaban J connectivity index is 1.56. The Kier molecular flexibility index (Phi) is 7.91. The second-order valence-electron chi connectivity index (χ2n) is 9.22. The molecule has 2 amide bonds. The normalized spacial score (nSPS) is 14.6. The Labute approximate surface area is 200 Å². The van der Waals surface area contributed by atoms with Crippen molar-refractivity contribution in [3.8, 4) is 23.0 Å². The van der Waals surface area contributed by atoms with Gasteiger partial charge < -0.3 is 29.6 Å². The predicted molar refractivity (Wildman–Crippen MR) is 129 cm³/mol. The summed E-state index contributed by atoms with van der Waals surface area (Å²) in [5.41, 5.74) is 1.20. The first-order valence-electron chi connectivity index (χ1n) is 11.4. The molecule has 0 radical (unpaired) electrons. The van der Waals surface area contributed by atoms with Crippen molar-refractivity contribution in [3.63, 3.8) is 0 Å². The van der Waals surface area contributed by atoms with E-state index < -0.39 is 6.04 Å². The molecule has 0 aromatic heterocycles. The lowest BCUT2D eigenvalue weighted by Gasteiger charge is -2.22. The lowest BCUT2D eigenvalue weighted by atomic mass is 10.0. The number of carbonyl (C=O) groups is 2.